The first-order valence-electron chi connectivity index (χ1n) is 5.18. The van der Waals surface area contributed by atoms with E-state index in [1.165, 1.54) is 0 Å². The van der Waals surface area contributed by atoms with Crippen molar-refractivity contribution in [1.82, 2.24) is 4.72 Å². The molecule has 5 heteroatoms. The van der Waals surface area contributed by atoms with E-state index in [-0.39, 0.29) is 17.1 Å². The molecule has 1 aromatic carbocycles. The van der Waals surface area contributed by atoms with Crippen LogP contribution in [-0.2, 0) is 10.0 Å². The number of hydrogen-bond acceptors (Lipinski definition) is 3. The normalized spacial score (nSPS) is 11.1. The quantitative estimate of drug-likeness (QED) is 0.480. The molecule has 0 bridgehead atoms. The van der Waals surface area contributed by atoms with Gasteiger partial charge in [-0.3, -0.25) is 0 Å². The van der Waals surface area contributed by atoms with Gasteiger partial charge in [-0.1, -0.05) is 0 Å². The lowest BCUT2D eigenvalue weighted by Crippen LogP contribution is -2.25. The van der Waals surface area contributed by atoms with Crippen LogP contribution in [0.3, 0.4) is 0 Å². The van der Waals surface area contributed by atoms with Gasteiger partial charge in [-0.15, -0.1) is 12.3 Å². The number of nitrogens with two attached hydrogens (primary N) is 1. The number of hydrogen-bond donors (Lipinski definition) is 2. The summed E-state index contributed by atoms with van der Waals surface area (Å²) in [6.07, 6.45) is 5.41. The number of rotatable bonds is 4. The molecule has 0 aliphatic heterocycles. The molecule has 1 aromatic rings. The van der Waals surface area contributed by atoms with Crippen LogP contribution in [0.1, 0.15) is 17.5 Å². The zero-order valence-corrected chi connectivity index (χ0v) is 10.8. The first-order chi connectivity index (χ1) is 7.88. The average Bonchev–Trinajstić information content (AvgIpc) is 2.23. The summed E-state index contributed by atoms with van der Waals surface area (Å²) in [4.78, 5) is 0.109. The molecule has 0 fully saturated rings. The molecule has 17 heavy (non-hydrogen) atoms. The summed E-state index contributed by atoms with van der Waals surface area (Å²) in [6.45, 7) is 3.94. The van der Waals surface area contributed by atoms with Gasteiger partial charge in [0, 0.05) is 13.0 Å². The van der Waals surface area contributed by atoms with Gasteiger partial charge in [0.05, 0.1) is 5.69 Å². The van der Waals surface area contributed by atoms with Crippen LogP contribution in [0.5, 0.6) is 0 Å². The molecule has 0 saturated carbocycles. The number of nitrogen functional groups attached to an aromatic ring is 1. The summed E-state index contributed by atoms with van der Waals surface area (Å²) >= 11 is 0. The predicted molar refractivity (Wildman–Crippen MR) is 69.0 cm³/mol. The van der Waals surface area contributed by atoms with Gasteiger partial charge >= 0.3 is 0 Å². The van der Waals surface area contributed by atoms with Gasteiger partial charge in [0.1, 0.15) is 4.90 Å². The van der Waals surface area contributed by atoms with Crippen molar-refractivity contribution in [3.05, 3.63) is 23.3 Å². The number of aryl methyl sites for hydroxylation is 2. The number of terminal acetylenes is 1. The zero-order chi connectivity index (χ0) is 13.1. The van der Waals surface area contributed by atoms with E-state index in [4.69, 9.17) is 12.2 Å². The number of sulfonamides is 1. The molecule has 0 unspecified atom stereocenters. The van der Waals surface area contributed by atoms with Crippen molar-refractivity contribution >= 4 is 15.7 Å². The van der Waals surface area contributed by atoms with Gasteiger partial charge in [0.25, 0.3) is 0 Å². The lowest BCUT2D eigenvalue weighted by molar-refractivity contribution is 0.583. The Balaban J connectivity index is 3.08. The Kier molecular flexibility index (Phi) is 4.16. The topological polar surface area (TPSA) is 72.2 Å². The average molecular weight is 252 g/mol. The number of benzene rings is 1. The number of anilines is 1. The monoisotopic (exact) mass is 252 g/mol. The summed E-state index contributed by atoms with van der Waals surface area (Å²) in [6, 6.07) is 3.23. The van der Waals surface area contributed by atoms with Gasteiger partial charge in [-0.05, 0) is 37.1 Å². The molecule has 0 aliphatic carbocycles. The van der Waals surface area contributed by atoms with E-state index >= 15 is 0 Å². The molecule has 0 radical (unpaired) electrons. The third-order valence-corrected chi connectivity index (χ3v) is 3.99. The molecule has 0 saturated heterocycles. The first kappa shape index (κ1) is 13.6. The van der Waals surface area contributed by atoms with Gasteiger partial charge in [-0.25, -0.2) is 13.1 Å². The molecule has 1 rings (SSSR count). The molecule has 92 valence electrons. The maximum absolute atomic E-state index is 11.9. The van der Waals surface area contributed by atoms with Crippen molar-refractivity contribution in [2.45, 2.75) is 25.2 Å². The van der Waals surface area contributed by atoms with E-state index in [0.29, 0.717) is 6.42 Å². The first-order valence-corrected chi connectivity index (χ1v) is 6.66. The molecule has 0 spiro atoms. The molecular formula is C12H16N2O2S. The van der Waals surface area contributed by atoms with Crippen LogP contribution in [0.4, 0.5) is 5.69 Å². The van der Waals surface area contributed by atoms with Crippen LogP contribution < -0.4 is 10.5 Å². The third kappa shape index (κ3) is 3.22. The van der Waals surface area contributed by atoms with Crippen LogP contribution in [0.25, 0.3) is 0 Å². The highest BCUT2D eigenvalue weighted by Gasteiger charge is 2.17. The molecule has 3 N–H and O–H groups in total. The summed E-state index contributed by atoms with van der Waals surface area (Å²) in [5, 5.41) is 0. The Morgan fingerprint density at radius 1 is 1.35 bits per heavy atom. The maximum atomic E-state index is 11.9. The SMILES string of the molecule is C#CCCNS(=O)(=O)c1cc(C)c(C)cc1N. The summed E-state index contributed by atoms with van der Waals surface area (Å²) in [5.41, 5.74) is 7.82. The zero-order valence-electron chi connectivity index (χ0n) is 9.95. The van der Waals surface area contributed by atoms with Crippen LogP contribution in [-0.4, -0.2) is 15.0 Å². The van der Waals surface area contributed by atoms with Gasteiger partial charge < -0.3 is 5.73 Å². The summed E-state index contributed by atoms with van der Waals surface area (Å²) < 4.78 is 26.3. The smallest absolute Gasteiger partial charge is 0.242 e. The van der Waals surface area contributed by atoms with E-state index in [1.54, 1.807) is 12.1 Å². The molecule has 0 heterocycles. The van der Waals surface area contributed by atoms with Crippen LogP contribution in [0, 0.1) is 26.2 Å². The lowest BCUT2D eigenvalue weighted by atomic mass is 10.1. The Bertz CT molecular complexity index is 557. The fourth-order valence-electron chi connectivity index (χ4n) is 1.38. The van der Waals surface area contributed by atoms with Crippen molar-refractivity contribution in [2.24, 2.45) is 0 Å². The van der Waals surface area contributed by atoms with Crippen molar-refractivity contribution < 1.29 is 8.42 Å². The van der Waals surface area contributed by atoms with E-state index in [1.807, 2.05) is 13.8 Å². The molecule has 0 amide bonds. The van der Waals surface area contributed by atoms with Crippen LogP contribution >= 0.6 is 0 Å². The Morgan fingerprint density at radius 3 is 2.53 bits per heavy atom. The van der Waals surface area contributed by atoms with Crippen molar-refractivity contribution in [3.8, 4) is 12.3 Å². The highest BCUT2D eigenvalue weighted by Crippen LogP contribution is 2.22. The van der Waals surface area contributed by atoms with Crippen LogP contribution in [0.2, 0.25) is 0 Å². The molecular weight excluding hydrogens is 236 g/mol. The fourth-order valence-corrected chi connectivity index (χ4v) is 2.61. The van der Waals surface area contributed by atoms with Crippen molar-refractivity contribution in [3.63, 3.8) is 0 Å². The van der Waals surface area contributed by atoms with Crippen LogP contribution in [0.15, 0.2) is 17.0 Å². The molecule has 0 aromatic heterocycles. The second-order valence-electron chi connectivity index (χ2n) is 3.83. The largest absolute Gasteiger partial charge is 0.398 e. The fraction of sp³-hybridized carbons (Fsp3) is 0.333. The summed E-state index contributed by atoms with van der Waals surface area (Å²) in [7, 11) is -3.57. The minimum absolute atomic E-state index is 0.109. The minimum atomic E-state index is -3.57. The highest BCUT2D eigenvalue weighted by atomic mass is 32.2. The second-order valence-corrected chi connectivity index (χ2v) is 5.56. The van der Waals surface area contributed by atoms with Crippen molar-refractivity contribution in [1.29, 1.82) is 0 Å². The standard InChI is InChI=1S/C12H16N2O2S/c1-4-5-6-14-17(15,16)12-8-10(3)9(2)7-11(12)13/h1,7-8,14H,5-6,13H2,2-3H3. The highest BCUT2D eigenvalue weighted by molar-refractivity contribution is 7.89. The molecule has 4 nitrogen and oxygen atoms in total. The third-order valence-electron chi connectivity index (χ3n) is 2.48. The van der Waals surface area contributed by atoms with E-state index in [9.17, 15) is 8.42 Å². The Morgan fingerprint density at radius 2 is 1.94 bits per heavy atom. The van der Waals surface area contributed by atoms with Crippen molar-refractivity contribution in [2.75, 3.05) is 12.3 Å². The lowest BCUT2D eigenvalue weighted by Gasteiger charge is -2.10. The molecule has 0 aliphatic rings. The maximum Gasteiger partial charge on any atom is 0.242 e. The van der Waals surface area contributed by atoms with E-state index in [2.05, 4.69) is 10.6 Å². The Labute approximate surface area is 102 Å². The minimum Gasteiger partial charge on any atom is -0.398 e. The summed E-state index contributed by atoms with van der Waals surface area (Å²) in [5.74, 6) is 2.37. The number of nitrogens with one attached hydrogen (secondary N) is 1. The van der Waals surface area contributed by atoms with Gasteiger partial charge in [-0.2, -0.15) is 0 Å². The van der Waals surface area contributed by atoms with E-state index in [0.717, 1.165) is 11.1 Å². The van der Waals surface area contributed by atoms with Gasteiger partial charge in [0.15, 0.2) is 0 Å². The molecule has 0 atom stereocenters. The van der Waals surface area contributed by atoms with Gasteiger partial charge in [0.2, 0.25) is 10.0 Å². The Hall–Kier alpha value is -1.51. The van der Waals surface area contributed by atoms with E-state index < -0.39 is 10.0 Å². The predicted octanol–water partition coefficient (Wildman–Crippen LogP) is 1.19. The second kappa shape index (κ2) is 5.21.